The van der Waals surface area contributed by atoms with E-state index in [-0.39, 0.29) is 11.8 Å². The van der Waals surface area contributed by atoms with Crippen LogP contribution in [0.25, 0.3) is 11.3 Å². The molecule has 1 fully saturated rings. The van der Waals surface area contributed by atoms with Gasteiger partial charge in [0.25, 0.3) is 0 Å². The number of hydrogen-bond acceptors (Lipinski definition) is 5. The van der Waals surface area contributed by atoms with Gasteiger partial charge in [0.05, 0.1) is 11.3 Å². The molecular formula is C18H19N3O2. The van der Waals surface area contributed by atoms with E-state index in [1.165, 1.54) is 0 Å². The smallest absolute Gasteiger partial charge is 0.149 e. The van der Waals surface area contributed by atoms with Crippen molar-refractivity contribution >= 4 is 5.82 Å². The van der Waals surface area contributed by atoms with Crippen LogP contribution in [0.5, 0.6) is 5.75 Å². The number of aromatic hydroxyl groups is 1. The monoisotopic (exact) mass is 309 g/mol. The third-order valence-corrected chi connectivity index (χ3v) is 4.13. The van der Waals surface area contributed by atoms with Crippen molar-refractivity contribution in [3.8, 4) is 29.4 Å². The van der Waals surface area contributed by atoms with Crippen molar-refractivity contribution in [1.29, 1.82) is 0 Å². The Morgan fingerprint density at radius 3 is 2.61 bits per heavy atom. The summed E-state index contributed by atoms with van der Waals surface area (Å²) in [4.78, 5) is 0. The highest BCUT2D eigenvalue weighted by atomic mass is 16.3. The predicted molar refractivity (Wildman–Crippen MR) is 89.1 cm³/mol. The average molecular weight is 309 g/mol. The number of aromatic nitrogens is 2. The molecule has 0 atom stereocenters. The Balaban J connectivity index is 1.81. The van der Waals surface area contributed by atoms with Crippen LogP contribution in [0, 0.1) is 19.3 Å². The molecule has 2 aromatic rings. The number of rotatable bonds is 3. The molecular weight excluding hydrogens is 290 g/mol. The molecule has 5 nitrogen and oxygen atoms in total. The van der Waals surface area contributed by atoms with Gasteiger partial charge in [0.1, 0.15) is 11.6 Å². The van der Waals surface area contributed by atoms with E-state index in [4.69, 9.17) is 6.42 Å². The van der Waals surface area contributed by atoms with Gasteiger partial charge in [-0.2, -0.15) is 0 Å². The molecule has 1 aromatic heterocycles. The molecule has 1 heterocycles. The number of phenols is 1. The summed E-state index contributed by atoms with van der Waals surface area (Å²) in [6.45, 7) is 3.74. The van der Waals surface area contributed by atoms with E-state index in [1.807, 2.05) is 19.9 Å². The quantitative estimate of drug-likeness (QED) is 0.759. The van der Waals surface area contributed by atoms with Gasteiger partial charge < -0.3 is 15.5 Å². The maximum absolute atomic E-state index is 10.1. The fraction of sp³-hybridized carbons (Fsp3) is 0.333. The molecule has 3 rings (SSSR count). The molecule has 5 heteroatoms. The van der Waals surface area contributed by atoms with Gasteiger partial charge in [0.2, 0.25) is 0 Å². The summed E-state index contributed by atoms with van der Waals surface area (Å²) in [6.07, 6.45) is 6.72. The lowest BCUT2D eigenvalue weighted by molar-refractivity contribution is -0.0235. The molecule has 23 heavy (non-hydrogen) atoms. The topological polar surface area (TPSA) is 78.3 Å². The van der Waals surface area contributed by atoms with Gasteiger partial charge in [-0.3, -0.25) is 0 Å². The minimum Gasteiger partial charge on any atom is -0.507 e. The molecule has 0 aliphatic heterocycles. The Morgan fingerprint density at radius 2 is 2.04 bits per heavy atom. The normalized spacial score (nSPS) is 23.0. The number of terminal acetylenes is 1. The van der Waals surface area contributed by atoms with Crippen molar-refractivity contribution in [3.63, 3.8) is 0 Å². The summed E-state index contributed by atoms with van der Waals surface area (Å²) in [5.41, 5.74) is 2.17. The second-order valence-electron chi connectivity index (χ2n) is 6.38. The summed E-state index contributed by atoms with van der Waals surface area (Å²) in [7, 11) is 0. The highest BCUT2D eigenvalue weighted by molar-refractivity contribution is 5.71. The number of aryl methyl sites for hydroxylation is 1. The first-order chi connectivity index (χ1) is 10.9. The second-order valence-corrected chi connectivity index (χ2v) is 6.38. The zero-order chi connectivity index (χ0) is 16.6. The standard InChI is InChI=1S/C18H19N3O2/c1-4-12-5-6-14(15(22)8-12)17-11(2)7-16(20-21-17)19-13-9-18(3,23)10-13/h1,5-8,13,22-23H,9-10H2,2-3H3,(H,19,20)/t13-,18+. The molecule has 118 valence electrons. The van der Waals surface area contributed by atoms with Gasteiger partial charge in [0.15, 0.2) is 0 Å². The van der Waals surface area contributed by atoms with Crippen LogP contribution in [0.15, 0.2) is 24.3 Å². The zero-order valence-electron chi connectivity index (χ0n) is 13.2. The number of nitrogens with zero attached hydrogens (tertiary/aromatic N) is 2. The van der Waals surface area contributed by atoms with Gasteiger partial charge in [-0.1, -0.05) is 5.92 Å². The number of anilines is 1. The van der Waals surface area contributed by atoms with Gasteiger partial charge in [-0.05, 0) is 56.5 Å². The van der Waals surface area contributed by atoms with Crippen LogP contribution < -0.4 is 5.32 Å². The molecule has 3 N–H and O–H groups in total. The van der Waals surface area contributed by atoms with Crippen LogP contribution in [-0.2, 0) is 0 Å². The lowest BCUT2D eigenvalue weighted by Crippen LogP contribution is -2.48. The minimum absolute atomic E-state index is 0.0913. The maximum atomic E-state index is 10.1. The lowest BCUT2D eigenvalue weighted by Gasteiger charge is -2.41. The van der Waals surface area contributed by atoms with E-state index in [1.54, 1.807) is 18.2 Å². The summed E-state index contributed by atoms with van der Waals surface area (Å²) in [6, 6.07) is 7.16. The van der Waals surface area contributed by atoms with E-state index < -0.39 is 5.60 Å². The summed E-state index contributed by atoms with van der Waals surface area (Å²) in [5.74, 6) is 3.25. The van der Waals surface area contributed by atoms with Crippen LogP contribution in [0.3, 0.4) is 0 Å². The summed E-state index contributed by atoms with van der Waals surface area (Å²) >= 11 is 0. The second kappa shape index (κ2) is 5.56. The van der Waals surface area contributed by atoms with Crippen LogP contribution in [-0.4, -0.2) is 32.1 Å². The number of aliphatic hydroxyl groups is 1. The highest BCUT2D eigenvalue weighted by Gasteiger charge is 2.38. The Labute approximate surface area is 135 Å². The Kier molecular flexibility index (Phi) is 3.70. The van der Waals surface area contributed by atoms with Crippen molar-refractivity contribution in [2.24, 2.45) is 0 Å². The van der Waals surface area contributed by atoms with E-state index >= 15 is 0 Å². The first kappa shape index (κ1) is 15.3. The van der Waals surface area contributed by atoms with Gasteiger partial charge in [-0.25, -0.2) is 0 Å². The summed E-state index contributed by atoms with van der Waals surface area (Å²) in [5, 5.41) is 31.5. The first-order valence-corrected chi connectivity index (χ1v) is 7.51. The van der Waals surface area contributed by atoms with Crippen molar-refractivity contribution in [3.05, 3.63) is 35.4 Å². The number of phenolic OH excluding ortho intramolecular Hbond substituents is 1. The van der Waals surface area contributed by atoms with Crippen LogP contribution in [0.1, 0.15) is 30.9 Å². The molecule has 0 unspecified atom stereocenters. The molecule has 1 saturated carbocycles. The predicted octanol–water partition coefficient (Wildman–Crippen LogP) is 2.46. The van der Waals surface area contributed by atoms with Crippen molar-refractivity contribution in [2.45, 2.75) is 38.3 Å². The maximum Gasteiger partial charge on any atom is 0.149 e. The molecule has 1 aliphatic carbocycles. The van der Waals surface area contributed by atoms with E-state index in [0.717, 1.165) is 5.56 Å². The van der Waals surface area contributed by atoms with Crippen LogP contribution in [0.2, 0.25) is 0 Å². The summed E-state index contributed by atoms with van der Waals surface area (Å²) < 4.78 is 0. The number of benzene rings is 1. The molecule has 1 aliphatic rings. The van der Waals surface area contributed by atoms with E-state index in [2.05, 4.69) is 21.4 Å². The minimum atomic E-state index is -0.579. The van der Waals surface area contributed by atoms with Gasteiger partial charge in [0, 0.05) is 17.2 Å². The van der Waals surface area contributed by atoms with Crippen LogP contribution in [0.4, 0.5) is 5.82 Å². The van der Waals surface area contributed by atoms with Crippen molar-refractivity contribution in [1.82, 2.24) is 10.2 Å². The molecule has 0 saturated heterocycles. The third kappa shape index (κ3) is 3.13. The van der Waals surface area contributed by atoms with Gasteiger partial charge >= 0.3 is 0 Å². The van der Waals surface area contributed by atoms with Crippen LogP contribution >= 0.6 is 0 Å². The fourth-order valence-corrected chi connectivity index (χ4v) is 2.96. The largest absolute Gasteiger partial charge is 0.507 e. The van der Waals surface area contributed by atoms with E-state index in [9.17, 15) is 10.2 Å². The average Bonchev–Trinajstić information content (AvgIpc) is 2.46. The SMILES string of the molecule is C#Cc1ccc(-c2nnc(N[C@H]3C[C@@](C)(O)C3)cc2C)c(O)c1. The van der Waals surface area contributed by atoms with Crippen molar-refractivity contribution in [2.75, 3.05) is 5.32 Å². The lowest BCUT2D eigenvalue weighted by atomic mass is 9.77. The van der Waals surface area contributed by atoms with Crippen molar-refractivity contribution < 1.29 is 10.2 Å². The molecule has 0 bridgehead atoms. The molecule has 1 aromatic carbocycles. The number of hydrogen-bond donors (Lipinski definition) is 3. The van der Waals surface area contributed by atoms with E-state index in [0.29, 0.717) is 35.5 Å². The zero-order valence-corrected chi connectivity index (χ0v) is 13.2. The molecule has 0 spiro atoms. The Hall–Kier alpha value is -2.58. The highest BCUT2D eigenvalue weighted by Crippen LogP contribution is 2.34. The molecule has 0 radical (unpaired) electrons. The Bertz CT molecular complexity index is 785. The third-order valence-electron chi connectivity index (χ3n) is 4.13. The first-order valence-electron chi connectivity index (χ1n) is 7.51. The van der Waals surface area contributed by atoms with Gasteiger partial charge in [-0.15, -0.1) is 16.6 Å². The Morgan fingerprint density at radius 1 is 1.30 bits per heavy atom. The molecule has 0 amide bonds. The number of nitrogens with one attached hydrogen (secondary N) is 1. The fourth-order valence-electron chi connectivity index (χ4n) is 2.96.